The van der Waals surface area contributed by atoms with Crippen LogP contribution in [0.15, 0.2) is 0 Å². The van der Waals surface area contributed by atoms with Crippen LogP contribution in [0.3, 0.4) is 0 Å². The van der Waals surface area contributed by atoms with Crippen molar-refractivity contribution in [2.24, 2.45) is 0 Å². The van der Waals surface area contributed by atoms with Gasteiger partial charge in [0.2, 0.25) is 0 Å². The van der Waals surface area contributed by atoms with Crippen LogP contribution in [-0.4, -0.2) is 9.79 Å². The quantitative estimate of drug-likeness (QED) is 0.318. The molecule has 0 aliphatic carbocycles. The average Bonchev–Trinajstić information content (AvgIpc) is 1.19. The third-order valence-corrected chi connectivity index (χ3v) is 0. The van der Waals surface area contributed by atoms with Crippen molar-refractivity contribution in [3.8, 4) is 0 Å². The zero-order valence-corrected chi connectivity index (χ0v) is 14.6. The van der Waals surface area contributed by atoms with Crippen LogP contribution in [0.2, 0.25) is 0 Å². The van der Waals surface area contributed by atoms with Crippen molar-refractivity contribution in [2.45, 2.75) is 0 Å². The van der Waals surface area contributed by atoms with Gasteiger partial charge in [-0.3, -0.25) is 0 Å². The van der Waals surface area contributed by atoms with E-state index < -0.39 is 16.1 Å². The average molecular weight is 245 g/mol. The van der Waals surface area contributed by atoms with Gasteiger partial charge in [-0.05, 0) is 0 Å². The molecule has 2 N–H and O–H groups in total. The van der Waals surface area contributed by atoms with Gasteiger partial charge in [-0.25, -0.2) is 0 Å². The molecular weight excluding hydrogens is 243 g/mol. The first-order chi connectivity index (χ1) is 3.73. The first kappa shape index (κ1) is 29.4. The van der Waals surface area contributed by atoms with E-state index in [1.165, 1.54) is 0 Å². The normalized spacial score (nSPS) is 7.08. The van der Waals surface area contributed by atoms with E-state index in [0.717, 1.165) is 0 Å². The summed E-state index contributed by atoms with van der Waals surface area (Å²) >= 11 is 0. The molecule has 0 aromatic rings. The van der Waals surface area contributed by atoms with Crippen molar-refractivity contribution in [3.05, 3.63) is 0 Å². The zero-order valence-electron chi connectivity index (χ0n) is 6.83. The molecule has 12 heteroatoms. The summed E-state index contributed by atoms with van der Waals surface area (Å²) in [6, 6.07) is 0. The fourth-order valence-electron chi connectivity index (χ4n) is 0. The molecule has 0 aromatic heterocycles. The molecule has 0 rings (SSSR count). The summed E-state index contributed by atoms with van der Waals surface area (Å²) in [4.78, 5) is 39.9. The number of hydrogen-bond donors (Lipinski definition) is 2. The van der Waals surface area contributed by atoms with Crippen LogP contribution in [0.5, 0.6) is 0 Å². The summed E-state index contributed by atoms with van der Waals surface area (Å²) in [7, 11) is -8.26. The Bertz CT molecular complexity index is 116. The molecule has 0 amide bonds. The predicted octanol–water partition coefficient (Wildman–Crippen LogP) is -12.2. The topological polar surface area (TPSA) is 144 Å². The Balaban J connectivity index is -0.0000000221. The molecule has 56 valence electrons. The van der Waals surface area contributed by atoms with E-state index in [1.807, 2.05) is 0 Å². The molecule has 0 unspecified atom stereocenters. The molecule has 0 radical (unpaired) electrons. The molecular formula is H2Na3O7P2+. The summed E-state index contributed by atoms with van der Waals surface area (Å²) in [6.07, 6.45) is 0. The summed E-state index contributed by atoms with van der Waals surface area (Å²) in [5.74, 6) is 0. The van der Waals surface area contributed by atoms with Crippen molar-refractivity contribution in [1.29, 1.82) is 0 Å². The molecule has 0 spiro atoms. The van der Waals surface area contributed by atoms with Gasteiger partial charge in [0.05, 0.1) is 0 Å². The third kappa shape index (κ3) is 197. The second kappa shape index (κ2) is 16.6. The van der Waals surface area contributed by atoms with Gasteiger partial charge < -0.3 is 19.2 Å². The van der Waals surface area contributed by atoms with Gasteiger partial charge in [0.1, 0.15) is 0 Å². The Kier molecular flexibility index (Phi) is 40.6. The van der Waals surface area contributed by atoms with Gasteiger partial charge >= 0.3 is 96.9 Å². The Morgan fingerprint density at radius 2 is 1.00 bits per heavy atom. The van der Waals surface area contributed by atoms with E-state index >= 15 is 0 Å². The smallest absolute Gasteiger partial charge is 0.822 e. The Morgan fingerprint density at radius 1 is 1.00 bits per heavy atom. The van der Waals surface area contributed by atoms with Crippen LogP contribution in [0.25, 0.3) is 0 Å². The van der Waals surface area contributed by atoms with Gasteiger partial charge in [-0.15, -0.1) is 9.79 Å². The van der Waals surface area contributed by atoms with E-state index in [0.29, 0.717) is 0 Å². The van der Waals surface area contributed by atoms with Crippen LogP contribution in [-0.2, 0) is 9.13 Å². The number of rotatable bonds is 0. The fourth-order valence-corrected chi connectivity index (χ4v) is 0. The fraction of sp³-hybridized carbons (Fsp3) is 0. The summed E-state index contributed by atoms with van der Waals surface area (Å²) < 4.78 is 17.3. The second-order valence-corrected chi connectivity index (χ2v) is 2.10. The van der Waals surface area contributed by atoms with Crippen LogP contribution < -0.4 is 103 Å². The van der Waals surface area contributed by atoms with Crippen LogP contribution in [0.4, 0.5) is 0 Å². The van der Waals surface area contributed by atoms with Crippen molar-refractivity contribution in [2.75, 3.05) is 0 Å². The molecule has 0 heterocycles. The monoisotopic (exact) mass is 245 g/mol. The van der Waals surface area contributed by atoms with Gasteiger partial charge in [0, 0.05) is 4.57 Å². The van der Waals surface area contributed by atoms with Gasteiger partial charge in [0.15, 0.2) is 0 Å². The zero-order chi connectivity index (χ0) is 8.08. The molecule has 0 aromatic carbocycles. The Labute approximate surface area is 136 Å². The first-order valence-corrected chi connectivity index (χ1v) is 3.94. The maximum atomic E-state index is 8.70. The van der Waals surface area contributed by atoms with Gasteiger partial charge in [-0.2, -0.15) is 7.82 Å². The minimum absolute atomic E-state index is 0. The minimum atomic E-state index is -5.39. The van der Waals surface area contributed by atoms with Gasteiger partial charge in [0.25, 0.3) is 0 Å². The maximum absolute atomic E-state index is 8.70. The van der Waals surface area contributed by atoms with E-state index in [2.05, 4.69) is 0 Å². The summed E-state index contributed by atoms with van der Waals surface area (Å²) in [5.41, 5.74) is 0. The van der Waals surface area contributed by atoms with Crippen molar-refractivity contribution < 1.29 is 122 Å². The number of phosphoric acid groups is 1. The predicted molar refractivity (Wildman–Crippen MR) is 19.7 cm³/mol. The molecule has 0 fully saturated rings. The Morgan fingerprint density at radius 3 is 1.00 bits per heavy atom. The molecule has 0 bridgehead atoms. The number of hydrogen-bond acceptors (Lipinski definition) is 5. The van der Waals surface area contributed by atoms with Crippen molar-refractivity contribution in [3.63, 3.8) is 0 Å². The first-order valence-electron chi connectivity index (χ1n) is 1.31. The third-order valence-electron chi connectivity index (χ3n) is 0. The molecule has 0 atom stereocenters. The SMILES string of the molecule is O=P([O-])([O-])[O-].O=[P+](O)O.[Na+].[Na+].[Na+]. The van der Waals surface area contributed by atoms with Crippen LogP contribution in [0, 0.1) is 0 Å². The van der Waals surface area contributed by atoms with Crippen LogP contribution >= 0.6 is 16.1 Å². The largest absolute Gasteiger partial charge is 1.00 e. The van der Waals surface area contributed by atoms with Gasteiger partial charge in [-0.1, -0.05) is 0 Å². The molecule has 0 aliphatic rings. The summed E-state index contributed by atoms with van der Waals surface area (Å²) in [6.45, 7) is 0. The second-order valence-electron chi connectivity index (χ2n) is 0.700. The molecule has 0 saturated carbocycles. The van der Waals surface area contributed by atoms with E-state index in [1.54, 1.807) is 0 Å². The molecule has 12 heavy (non-hydrogen) atoms. The maximum Gasteiger partial charge on any atom is 1.00 e. The van der Waals surface area contributed by atoms with E-state index in [-0.39, 0.29) is 88.7 Å². The molecule has 0 saturated heterocycles. The van der Waals surface area contributed by atoms with E-state index in [9.17, 15) is 0 Å². The van der Waals surface area contributed by atoms with Crippen molar-refractivity contribution in [1.82, 2.24) is 0 Å². The Hall–Kier alpha value is 3.13. The standard InChI is InChI=1S/3Na.H3O4P.HO3P/c;;;1-5(2,3)4;1-4(2)3/h;;;(H3,1,2,3,4);(H-,1,2,3)/q3*+1;;/p-2. The minimum Gasteiger partial charge on any atom is -0.822 e. The van der Waals surface area contributed by atoms with Crippen molar-refractivity contribution >= 4 is 16.1 Å². The molecule has 7 nitrogen and oxygen atoms in total. The summed E-state index contributed by atoms with van der Waals surface area (Å²) in [5, 5.41) is 0. The van der Waals surface area contributed by atoms with Crippen LogP contribution in [0.1, 0.15) is 0 Å². The molecule has 0 aliphatic heterocycles. The van der Waals surface area contributed by atoms with E-state index in [4.69, 9.17) is 33.6 Å².